The molecule has 3 aromatic rings. The topological polar surface area (TPSA) is 129 Å². The lowest BCUT2D eigenvalue weighted by atomic mass is 9.91. The van der Waals surface area contributed by atoms with Gasteiger partial charge in [-0.15, -0.1) is 11.3 Å². The monoisotopic (exact) mass is 532 g/mol. The Morgan fingerprint density at radius 3 is 2.53 bits per heavy atom. The molecule has 1 saturated heterocycles. The summed E-state index contributed by atoms with van der Waals surface area (Å²) in [6.45, 7) is 7.43. The van der Waals surface area contributed by atoms with Crippen molar-refractivity contribution in [3.05, 3.63) is 62.2 Å². The number of H-pyrrole nitrogens is 1. The number of likely N-dealkylation sites (tertiary alicyclic amines) is 1. The molecule has 1 aliphatic heterocycles. The Morgan fingerprint density at radius 2 is 1.97 bits per heavy atom. The Balaban J connectivity index is 1.50. The fourth-order valence-electron chi connectivity index (χ4n) is 4.58. The first-order valence-corrected chi connectivity index (χ1v) is 13.0. The molecule has 4 rings (SSSR count). The van der Waals surface area contributed by atoms with Gasteiger partial charge in [0.1, 0.15) is 12.0 Å². The van der Waals surface area contributed by atoms with E-state index in [1.807, 2.05) is 43.6 Å². The van der Waals surface area contributed by atoms with E-state index in [1.165, 1.54) is 4.90 Å². The number of carbonyl (C=O) groups is 2. The molecule has 4 atom stereocenters. The summed E-state index contributed by atoms with van der Waals surface area (Å²) in [5.41, 5.74) is 4.13. The molecule has 9 nitrogen and oxygen atoms in total. The summed E-state index contributed by atoms with van der Waals surface area (Å²) < 4.78 is 5.20. The molecule has 1 aliphatic rings. The molecule has 2 aromatic heterocycles. The zero-order chi connectivity index (χ0) is 26.1. The number of aliphatic hydroxyl groups is 1. The van der Waals surface area contributed by atoms with E-state index in [1.54, 1.807) is 25.2 Å². The van der Waals surface area contributed by atoms with Gasteiger partial charge in [0, 0.05) is 13.0 Å². The van der Waals surface area contributed by atoms with Gasteiger partial charge in [0.15, 0.2) is 10.8 Å². The van der Waals surface area contributed by atoms with Crippen molar-refractivity contribution >= 4 is 34.8 Å². The molecule has 2 amide bonds. The Hall–Kier alpha value is -2.95. The molecule has 1 aromatic carbocycles. The first-order valence-electron chi connectivity index (χ1n) is 11.7. The van der Waals surface area contributed by atoms with Crippen molar-refractivity contribution in [1.29, 1.82) is 0 Å². The Kier molecular flexibility index (Phi) is 7.67. The highest BCUT2D eigenvalue weighted by atomic mass is 35.5. The van der Waals surface area contributed by atoms with Crippen LogP contribution in [0.3, 0.4) is 0 Å². The lowest BCUT2D eigenvalue weighted by molar-refractivity contribution is -0.141. The third-order valence-electron chi connectivity index (χ3n) is 6.53. The number of benzene rings is 1. The molecule has 0 saturated carbocycles. The zero-order valence-electron chi connectivity index (χ0n) is 20.4. The van der Waals surface area contributed by atoms with Crippen LogP contribution in [-0.4, -0.2) is 50.7 Å². The van der Waals surface area contributed by atoms with Crippen molar-refractivity contribution in [2.75, 3.05) is 6.54 Å². The number of rotatable bonds is 7. The average Bonchev–Trinajstić information content (AvgIpc) is 3.53. The number of aliphatic hydroxyl groups excluding tert-OH is 1. The smallest absolute Gasteiger partial charge is 0.298 e. The van der Waals surface area contributed by atoms with Crippen LogP contribution >= 0.6 is 22.9 Å². The van der Waals surface area contributed by atoms with Gasteiger partial charge in [-0.25, -0.2) is 4.98 Å². The minimum absolute atomic E-state index is 0.00366. The minimum Gasteiger partial charge on any atom is -0.391 e. The second-order valence-electron chi connectivity index (χ2n) is 9.45. The van der Waals surface area contributed by atoms with E-state index in [9.17, 15) is 19.5 Å². The summed E-state index contributed by atoms with van der Waals surface area (Å²) in [5, 5.41) is 15.3. The highest BCUT2D eigenvalue weighted by Crippen LogP contribution is 2.33. The van der Waals surface area contributed by atoms with Gasteiger partial charge < -0.3 is 19.8 Å². The largest absolute Gasteiger partial charge is 0.391 e. The van der Waals surface area contributed by atoms with Gasteiger partial charge in [-0.1, -0.05) is 49.7 Å². The zero-order valence-corrected chi connectivity index (χ0v) is 22.0. The normalized spacial score (nSPS) is 19.5. The van der Waals surface area contributed by atoms with Crippen LogP contribution in [0.4, 0.5) is 0 Å². The molecule has 36 heavy (non-hydrogen) atoms. The van der Waals surface area contributed by atoms with Crippen molar-refractivity contribution in [2.24, 2.45) is 5.92 Å². The van der Waals surface area contributed by atoms with Crippen LogP contribution in [0.1, 0.15) is 56.2 Å². The van der Waals surface area contributed by atoms with Gasteiger partial charge in [0.25, 0.3) is 5.56 Å². The maximum absolute atomic E-state index is 13.5. The summed E-state index contributed by atoms with van der Waals surface area (Å²) in [4.78, 5) is 45.3. The van der Waals surface area contributed by atoms with E-state index in [2.05, 4.69) is 15.5 Å². The maximum atomic E-state index is 13.5. The lowest BCUT2D eigenvalue weighted by Crippen LogP contribution is -2.48. The quantitative estimate of drug-likeness (QED) is 0.426. The standard InChI is InChI=1S/C25H29ClN4O5S/c1-12(2)19(21-20(26)24(33)29-35-21)25(34)30-10-17(31)9-18(30)23(32)28-13(3)15-5-7-16(8-6-15)22-14(4)27-11-36-22/h5-8,11-13,17-19,31H,9-10H2,1-4H3,(H,28,32)(H,29,33)/t13-,17+,18-,19?/m0/s1. The highest BCUT2D eigenvalue weighted by molar-refractivity contribution is 7.13. The molecule has 1 unspecified atom stereocenters. The maximum Gasteiger partial charge on any atom is 0.298 e. The Bertz CT molecular complexity index is 1300. The SMILES string of the molecule is Cc1ncsc1-c1ccc([C@H](C)NC(=O)[C@@H]2C[C@@H](O)CN2C(=O)C(c2o[nH]c(=O)c2Cl)C(C)C)cc1. The van der Waals surface area contributed by atoms with Crippen molar-refractivity contribution in [1.82, 2.24) is 20.4 Å². The molecule has 1 fully saturated rings. The van der Waals surface area contributed by atoms with E-state index < -0.39 is 29.5 Å². The number of carbonyl (C=O) groups excluding carboxylic acids is 2. The van der Waals surface area contributed by atoms with Crippen molar-refractivity contribution in [2.45, 2.75) is 58.2 Å². The number of aromatic amines is 1. The van der Waals surface area contributed by atoms with E-state index in [4.69, 9.17) is 16.1 Å². The number of nitrogens with zero attached hydrogens (tertiary/aromatic N) is 2. The van der Waals surface area contributed by atoms with Crippen LogP contribution in [-0.2, 0) is 9.59 Å². The van der Waals surface area contributed by atoms with Crippen LogP contribution in [0.25, 0.3) is 10.4 Å². The van der Waals surface area contributed by atoms with Crippen LogP contribution in [0.15, 0.2) is 39.1 Å². The lowest BCUT2D eigenvalue weighted by Gasteiger charge is -2.29. The number of aromatic nitrogens is 2. The molecular formula is C25H29ClN4O5S. The number of nitrogens with one attached hydrogen (secondary N) is 2. The number of aryl methyl sites for hydroxylation is 1. The van der Waals surface area contributed by atoms with Gasteiger partial charge in [-0.05, 0) is 30.9 Å². The fraction of sp³-hybridized carbons (Fsp3) is 0.440. The average molecular weight is 533 g/mol. The van der Waals surface area contributed by atoms with Crippen LogP contribution in [0, 0.1) is 12.8 Å². The third-order valence-corrected chi connectivity index (χ3v) is 7.86. The molecule has 0 radical (unpaired) electrons. The summed E-state index contributed by atoms with van der Waals surface area (Å²) in [5.74, 6) is -1.90. The summed E-state index contributed by atoms with van der Waals surface area (Å²) in [6.07, 6.45) is -0.729. The summed E-state index contributed by atoms with van der Waals surface area (Å²) in [6, 6.07) is 6.72. The molecule has 0 bridgehead atoms. The predicted molar refractivity (Wildman–Crippen MR) is 137 cm³/mol. The first kappa shape index (κ1) is 26.1. The number of β-amino-alcohol motifs (C(OH)–C–C–N with tert-alkyl or cyclic N) is 1. The molecule has 0 spiro atoms. The van der Waals surface area contributed by atoms with E-state index in [0.717, 1.165) is 21.7 Å². The fourth-order valence-corrected chi connectivity index (χ4v) is 5.59. The van der Waals surface area contributed by atoms with Crippen LogP contribution < -0.4 is 10.9 Å². The summed E-state index contributed by atoms with van der Waals surface area (Å²) in [7, 11) is 0. The van der Waals surface area contributed by atoms with Gasteiger partial charge in [-0.3, -0.25) is 14.4 Å². The third kappa shape index (κ3) is 5.11. The second-order valence-corrected chi connectivity index (χ2v) is 10.7. The van der Waals surface area contributed by atoms with Crippen LogP contribution in [0.2, 0.25) is 5.02 Å². The molecule has 192 valence electrons. The number of thiazole rings is 1. The van der Waals surface area contributed by atoms with Gasteiger partial charge in [-0.2, -0.15) is 5.16 Å². The van der Waals surface area contributed by atoms with E-state index in [0.29, 0.717) is 0 Å². The molecule has 11 heteroatoms. The Morgan fingerprint density at radius 1 is 1.28 bits per heavy atom. The minimum atomic E-state index is -0.878. The van der Waals surface area contributed by atoms with Crippen LogP contribution in [0.5, 0.6) is 0 Å². The molecular weight excluding hydrogens is 504 g/mol. The van der Waals surface area contributed by atoms with Gasteiger partial charge in [0.2, 0.25) is 11.8 Å². The number of amides is 2. The Labute approximate surface area is 217 Å². The number of hydrogen-bond acceptors (Lipinski definition) is 7. The van der Waals surface area contributed by atoms with Crippen molar-refractivity contribution < 1.29 is 19.2 Å². The summed E-state index contributed by atoms with van der Waals surface area (Å²) >= 11 is 7.65. The second kappa shape index (κ2) is 10.6. The van der Waals surface area contributed by atoms with Crippen molar-refractivity contribution in [3.63, 3.8) is 0 Å². The predicted octanol–water partition coefficient (Wildman–Crippen LogP) is 3.63. The number of halogens is 1. The first-order chi connectivity index (χ1) is 17.1. The van der Waals surface area contributed by atoms with Gasteiger partial charge in [0.05, 0.1) is 28.2 Å². The molecule has 3 N–H and O–H groups in total. The number of hydrogen-bond donors (Lipinski definition) is 3. The van der Waals surface area contributed by atoms with E-state index >= 15 is 0 Å². The molecule has 3 heterocycles. The van der Waals surface area contributed by atoms with Gasteiger partial charge >= 0.3 is 0 Å². The highest BCUT2D eigenvalue weighted by Gasteiger charge is 2.44. The van der Waals surface area contributed by atoms with E-state index in [-0.39, 0.29) is 41.6 Å². The molecule has 0 aliphatic carbocycles. The van der Waals surface area contributed by atoms with Crippen molar-refractivity contribution in [3.8, 4) is 10.4 Å².